The zero-order valence-electron chi connectivity index (χ0n) is 11.7. The molecular formula is C16H17BrN2O2. The average Bonchev–Trinajstić information content (AvgIpc) is 2.44. The van der Waals surface area contributed by atoms with Gasteiger partial charge in [0.25, 0.3) is 0 Å². The molecule has 0 aliphatic rings. The number of nitrogens with two attached hydrogens (primary N) is 1. The van der Waals surface area contributed by atoms with Crippen molar-refractivity contribution in [2.75, 3.05) is 17.7 Å². The molecule has 2 aromatic carbocycles. The number of ether oxygens (including phenoxy) is 1. The second kappa shape index (κ2) is 7.13. The molecule has 0 radical (unpaired) electrons. The molecule has 21 heavy (non-hydrogen) atoms. The topological polar surface area (TPSA) is 64.3 Å². The zero-order valence-corrected chi connectivity index (χ0v) is 13.3. The molecule has 4 nitrogen and oxygen atoms in total. The van der Waals surface area contributed by atoms with Gasteiger partial charge in [0.05, 0.1) is 24.4 Å². The predicted molar refractivity (Wildman–Crippen MR) is 88.5 cm³/mol. The number of amides is 1. The normalized spacial score (nSPS) is 10.2. The number of nitrogens with one attached hydrogen (secondary N) is 1. The summed E-state index contributed by atoms with van der Waals surface area (Å²) in [5.74, 6) is 0.660. The number of halogens is 1. The van der Waals surface area contributed by atoms with Gasteiger partial charge in [-0.1, -0.05) is 28.1 Å². The van der Waals surface area contributed by atoms with Gasteiger partial charge in [-0.15, -0.1) is 0 Å². The van der Waals surface area contributed by atoms with Gasteiger partial charge in [0.15, 0.2) is 0 Å². The molecule has 0 fully saturated rings. The highest BCUT2D eigenvalue weighted by atomic mass is 79.9. The van der Waals surface area contributed by atoms with Crippen LogP contribution in [0.1, 0.15) is 12.0 Å². The zero-order chi connectivity index (χ0) is 15.2. The number of para-hydroxylation sites is 2. The summed E-state index contributed by atoms with van der Waals surface area (Å²) in [6.07, 6.45) is 0.268. The van der Waals surface area contributed by atoms with Crippen LogP contribution in [-0.2, 0) is 4.79 Å². The first-order chi connectivity index (χ1) is 10.1. The largest absolute Gasteiger partial charge is 0.493 e. The van der Waals surface area contributed by atoms with Crippen LogP contribution in [0.15, 0.2) is 46.9 Å². The minimum Gasteiger partial charge on any atom is -0.493 e. The van der Waals surface area contributed by atoms with Crippen molar-refractivity contribution in [3.63, 3.8) is 0 Å². The highest BCUT2D eigenvalue weighted by Crippen LogP contribution is 2.22. The van der Waals surface area contributed by atoms with Gasteiger partial charge in [0, 0.05) is 4.47 Å². The molecule has 3 N–H and O–H groups in total. The Hall–Kier alpha value is -2.01. The minimum absolute atomic E-state index is 0.123. The molecule has 5 heteroatoms. The van der Waals surface area contributed by atoms with Gasteiger partial charge in [0.2, 0.25) is 5.91 Å². The summed E-state index contributed by atoms with van der Waals surface area (Å²) in [7, 11) is 0. The quantitative estimate of drug-likeness (QED) is 0.808. The number of hydrogen-bond acceptors (Lipinski definition) is 3. The molecule has 0 aliphatic carbocycles. The Bertz CT molecular complexity index is 644. The summed E-state index contributed by atoms with van der Waals surface area (Å²) in [5.41, 5.74) is 7.98. The summed E-state index contributed by atoms with van der Waals surface area (Å²) in [5, 5.41) is 2.77. The first-order valence-corrected chi connectivity index (χ1v) is 7.39. The minimum atomic E-state index is -0.123. The Morgan fingerprint density at radius 2 is 2.05 bits per heavy atom. The Morgan fingerprint density at radius 3 is 2.76 bits per heavy atom. The van der Waals surface area contributed by atoms with Crippen molar-refractivity contribution >= 4 is 33.2 Å². The monoisotopic (exact) mass is 348 g/mol. The van der Waals surface area contributed by atoms with Crippen LogP contribution < -0.4 is 15.8 Å². The van der Waals surface area contributed by atoms with Crippen molar-refractivity contribution < 1.29 is 9.53 Å². The van der Waals surface area contributed by atoms with Crippen LogP contribution in [0.2, 0.25) is 0 Å². The van der Waals surface area contributed by atoms with Crippen LogP contribution in [0.25, 0.3) is 0 Å². The van der Waals surface area contributed by atoms with E-state index in [0.29, 0.717) is 18.0 Å². The number of carbonyl (C=O) groups is 1. The number of hydrogen-bond donors (Lipinski definition) is 2. The molecule has 0 saturated heterocycles. The van der Waals surface area contributed by atoms with Crippen LogP contribution in [0.5, 0.6) is 5.75 Å². The number of carbonyl (C=O) groups excluding carboxylic acids is 1. The van der Waals surface area contributed by atoms with Crippen LogP contribution in [0, 0.1) is 6.92 Å². The summed E-state index contributed by atoms with van der Waals surface area (Å²) >= 11 is 3.40. The molecule has 0 spiro atoms. The fourth-order valence-corrected chi connectivity index (χ4v) is 2.33. The molecule has 0 aliphatic heterocycles. The second-order valence-corrected chi connectivity index (χ2v) is 5.56. The molecule has 0 saturated carbocycles. The van der Waals surface area contributed by atoms with Gasteiger partial charge >= 0.3 is 0 Å². The number of rotatable bonds is 5. The molecule has 2 rings (SSSR count). The van der Waals surface area contributed by atoms with Crippen molar-refractivity contribution in [3.8, 4) is 5.75 Å². The lowest BCUT2D eigenvalue weighted by Gasteiger charge is -2.10. The number of benzene rings is 2. The van der Waals surface area contributed by atoms with E-state index in [2.05, 4.69) is 21.2 Å². The highest BCUT2D eigenvalue weighted by molar-refractivity contribution is 9.10. The number of nitrogen functional groups attached to an aromatic ring is 1. The fourth-order valence-electron chi connectivity index (χ4n) is 1.85. The van der Waals surface area contributed by atoms with Gasteiger partial charge < -0.3 is 15.8 Å². The molecule has 0 bridgehead atoms. The van der Waals surface area contributed by atoms with Crippen molar-refractivity contribution in [1.82, 2.24) is 0 Å². The Kier molecular flexibility index (Phi) is 5.22. The molecule has 0 heterocycles. The third-order valence-corrected chi connectivity index (χ3v) is 3.45. The molecule has 0 atom stereocenters. The van der Waals surface area contributed by atoms with Crippen molar-refractivity contribution in [1.29, 1.82) is 0 Å². The van der Waals surface area contributed by atoms with E-state index in [9.17, 15) is 4.79 Å². The highest BCUT2D eigenvalue weighted by Gasteiger charge is 2.06. The molecule has 1 amide bonds. The smallest absolute Gasteiger partial charge is 0.227 e. The van der Waals surface area contributed by atoms with Gasteiger partial charge in [0.1, 0.15) is 5.75 Å². The van der Waals surface area contributed by atoms with Crippen LogP contribution >= 0.6 is 15.9 Å². The fraction of sp³-hybridized carbons (Fsp3) is 0.188. The maximum Gasteiger partial charge on any atom is 0.227 e. The van der Waals surface area contributed by atoms with Gasteiger partial charge in [-0.25, -0.2) is 0 Å². The maximum absolute atomic E-state index is 11.8. The predicted octanol–water partition coefficient (Wildman–Crippen LogP) is 3.75. The van der Waals surface area contributed by atoms with E-state index in [1.807, 2.05) is 37.3 Å². The van der Waals surface area contributed by atoms with Crippen LogP contribution in [0.4, 0.5) is 11.4 Å². The lowest BCUT2D eigenvalue weighted by Crippen LogP contribution is -2.16. The summed E-state index contributed by atoms with van der Waals surface area (Å²) in [6, 6.07) is 12.9. The standard InChI is InChI=1S/C16H17BrN2O2/c1-11-10-12(17)6-7-15(11)21-9-8-16(20)19-14-5-3-2-4-13(14)18/h2-7,10H,8-9,18H2,1H3,(H,19,20). The number of aryl methyl sites for hydroxylation is 1. The number of anilines is 2. The van der Waals surface area contributed by atoms with E-state index in [1.165, 1.54) is 0 Å². The van der Waals surface area contributed by atoms with E-state index in [0.717, 1.165) is 15.8 Å². The molecule has 0 aromatic heterocycles. The van der Waals surface area contributed by atoms with Gasteiger partial charge in [-0.05, 0) is 42.8 Å². The van der Waals surface area contributed by atoms with Crippen molar-refractivity contribution in [2.24, 2.45) is 0 Å². The molecule has 0 unspecified atom stereocenters. The lowest BCUT2D eigenvalue weighted by atomic mass is 10.2. The molecular weight excluding hydrogens is 332 g/mol. The van der Waals surface area contributed by atoms with E-state index >= 15 is 0 Å². The van der Waals surface area contributed by atoms with Crippen molar-refractivity contribution in [3.05, 3.63) is 52.5 Å². The maximum atomic E-state index is 11.8. The summed E-state index contributed by atoms with van der Waals surface area (Å²) in [4.78, 5) is 11.8. The average molecular weight is 349 g/mol. The molecule has 2 aromatic rings. The first kappa shape index (κ1) is 15.4. The Morgan fingerprint density at radius 1 is 1.29 bits per heavy atom. The molecule has 110 valence electrons. The van der Waals surface area contributed by atoms with E-state index < -0.39 is 0 Å². The van der Waals surface area contributed by atoms with Crippen molar-refractivity contribution in [2.45, 2.75) is 13.3 Å². The lowest BCUT2D eigenvalue weighted by molar-refractivity contribution is -0.116. The van der Waals surface area contributed by atoms with E-state index in [4.69, 9.17) is 10.5 Å². The SMILES string of the molecule is Cc1cc(Br)ccc1OCCC(=O)Nc1ccccc1N. The second-order valence-electron chi connectivity index (χ2n) is 4.64. The first-order valence-electron chi connectivity index (χ1n) is 6.59. The van der Waals surface area contributed by atoms with E-state index in [1.54, 1.807) is 12.1 Å². The van der Waals surface area contributed by atoms with Crippen LogP contribution in [-0.4, -0.2) is 12.5 Å². The van der Waals surface area contributed by atoms with Crippen LogP contribution in [0.3, 0.4) is 0 Å². The van der Waals surface area contributed by atoms with Gasteiger partial charge in [-0.2, -0.15) is 0 Å². The Labute approximate surface area is 132 Å². The van der Waals surface area contributed by atoms with Gasteiger partial charge in [-0.3, -0.25) is 4.79 Å². The third-order valence-electron chi connectivity index (χ3n) is 2.96. The Balaban J connectivity index is 1.83. The van der Waals surface area contributed by atoms with E-state index in [-0.39, 0.29) is 12.3 Å². The third kappa shape index (κ3) is 4.49. The summed E-state index contributed by atoms with van der Waals surface area (Å²) in [6.45, 7) is 2.28. The summed E-state index contributed by atoms with van der Waals surface area (Å²) < 4.78 is 6.62.